The van der Waals surface area contributed by atoms with E-state index in [1.807, 2.05) is 0 Å². The molecule has 0 aromatic heterocycles. The van der Waals surface area contributed by atoms with Gasteiger partial charge in [0.15, 0.2) is 0 Å². The molecule has 0 heterocycles. The maximum atomic E-state index is 11.4. The van der Waals surface area contributed by atoms with Crippen molar-refractivity contribution in [2.75, 3.05) is 13.6 Å². The van der Waals surface area contributed by atoms with Gasteiger partial charge in [-0.25, -0.2) is 0 Å². The van der Waals surface area contributed by atoms with Gasteiger partial charge >= 0.3 is 38.7 Å². The van der Waals surface area contributed by atoms with Gasteiger partial charge < -0.3 is 14.6 Å². The quantitative estimate of drug-likeness (QED) is 0.497. The van der Waals surface area contributed by atoms with E-state index in [2.05, 4.69) is 0 Å². The molecule has 1 aliphatic carbocycles. The van der Waals surface area contributed by atoms with E-state index in [0.29, 0.717) is 25.7 Å². The molecule has 0 bridgehead atoms. The van der Waals surface area contributed by atoms with E-state index < -0.39 is 16.2 Å². The van der Waals surface area contributed by atoms with Crippen molar-refractivity contribution >= 4 is 22.6 Å². The molecule has 0 aromatic rings. The molecule has 1 amide bonds. The van der Waals surface area contributed by atoms with Gasteiger partial charge in [-0.05, 0) is 31.6 Å². The van der Waals surface area contributed by atoms with Gasteiger partial charge in [-0.2, -0.15) is 19.1 Å². The fourth-order valence-electron chi connectivity index (χ4n) is 2.18. The molecule has 1 fully saturated rings. The molecule has 19 heavy (non-hydrogen) atoms. The van der Waals surface area contributed by atoms with Crippen molar-refractivity contribution in [1.29, 1.82) is 0 Å². The van der Waals surface area contributed by atoms with Crippen molar-refractivity contribution in [3.63, 3.8) is 0 Å². The third-order valence-electron chi connectivity index (χ3n) is 3.29. The zero-order valence-electron chi connectivity index (χ0n) is 10.7. The second-order valence-corrected chi connectivity index (χ2v) is 6.32. The second kappa shape index (κ2) is 8.29. The topological polar surface area (TPSA) is 104 Å². The Morgan fingerprint density at radius 2 is 1.89 bits per heavy atom. The molecule has 0 unspecified atom stereocenters. The molecule has 1 aliphatic rings. The third kappa shape index (κ3) is 5.85. The van der Waals surface area contributed by atoms with Gasteiger partial charge in [0.2, 0.25) is 0 Å². The van der Waals surface area contributed by atoms with Gasteiger partial charge in [0.1, 0.15) is 0 Å². The Morgan fingerprint density at radius 3 is 2.32 bits per heavy atom. The number of carboxylic acid groups (broad SMARTS) is 1. The largest absolute Gasteiger partial charge is 3.00 e. The van der Waals surface area contributed by atoms with Crippen molar-refractivity contribution in [2.45, 2.75) is 25.7 Å². The van der Waals surface area contributed by atoms with E-state index in [-0.39, 0.29) is 51.1 Å². The summed E-state index contributed by atoms with van der Waals surface area (Å²) in [6.07, 6.45) is 3.65. The van der Waals surface area contributed by atoms with Crippen LogP contribution in [0, 0.1) is 11.8 Å². The summed E-state index contributed by atoms with van der Waals surface area (Å²) in [5.41, 5.74) is 0. The first kappa shape index (κ1) is 19.0. The molecule has 0 radical (unpaired) electrons. The van der Waals surface area contributed by atoms with Crippen LogP contribution in [0.4, 0.5) is 0 Å². The molecular weight excluding hydrogens is 349 g/mol. The summed E-state index contributed by atoms with van der Waals surface area (Å²) in [6.45, 7) is 0.281. The van der Waals surface area contributed by atoms with E-state index in [9.17, 15) is 18.0 Å². The number of aliphatic carboxylic acids is 1. The molecule has 0 aromatic carbocycles. The van der Waals surface area contributed by atoms with Crippen molar-refractivity contribution in [1.82, 2.24) is 9.03 Å². The number of carbonyl (C=O) groups excluding carboxylic acids is 1. The molecule has 1 rings (SSSR count). The van der Waals surface area contributed by atoms with Crippen LogP contribution in [0.15, 0.2) is 0 Å². The molecule has 0 atom stereocenters. The van der Waals surface area contributed by atoms with Gasteiger partial charge in [-0.3, -0.25) is 4.79 Å². The fraction of sp³-hybridized carbons (Fsp3) is 0.800. The predicted molar refractivity (Wildman–Crippen MR) is 63.5 cm³/mol. The zero-order chi connectivity index (χ0) is 13.8. The molecule has 9 heteroatoms. The third-order valence-corrected chi connectivity index (χ3v) is 4.60. The summed E-state index contributed by atoms with van der Waals surface area (Å²) in [7, 11) is -2.42. The van der Waals surface area contributed by atoms with Crippen molar-refractivity contribution < 1.29 is 55.8 Å². The van der Waals surface area contributed by atoms with Crippen LogP contribution in [-0.2, 0) is 52.5 Å². The first-order valence-corrected chi connectivity index (χ1v) is 7.14. The van der Waals surface area contributed by atoms with Crippen molar-refractivity contribution in [3.05, 3.63) is 0 Å². The molecule has 104 valence electrons. The summed E-state index contributed by atoms with van der Waals surface area (Å²) < 4.78 is 25.6. The molecule has 2 N–H and O–H groups in total. The normalized spacial score (nSPS) is 23.5. The predicted octanol–water partition coefficient (Wildman–Crippen LogP) is -0.292. The van der Waals surface area contributed by atoms with Gasteiger partial charge in [-0.15, -0.1) is 0 Å². The molecule has 0 spiro atoms. The number of nitrogens with one attached hydrogen (secondary N) is 1. The van der Waals surface area contributed by atoms with Crippen LogP contribution in [0.3, 0.4) is 0 Å². The SMILES string of the molecule is CN(CC1CCC(C(=O)O)CC1)S(=O)(=O)N[C-]=O.[Y+3]. The minimum atomic E-state index is -3.80. The van der Waals surface area contributed by atoms with Crippen LogP contribution in [0.1, 0.15) is 25.7 Å². The van der Waals surface area contributed by atoms with E-state index in [1.54, 1.807) is 4.72 Å². The van der Waals surface area contributed by atoms with E-state index in [4.69, 9.17) is 5.11 Å². The van der Waals surface area contributed by atoms with E-state index >= 15 is 0 Å². The number of nitrogens with zero attached hydrogens (tertiary/aromatic N) is 1. The fourth-order valence-corrected chi connectivity index (χ4v) is 2.85. The van der Waals surface area contributed by atoms with E-state index in [1.165, 1.54) is 7.05 Å². The average molecular weight is 366 g/mol. The summed E-state index contributed by atoms with van der Waals surface area (Å²) in [4.78, 5) is 20.8. The number of amides is 1. The molecule has 1 saturated carbocycles. The van der Waals surface area contributed by atoms with Crippen molar-refractivity contribution in [2.24, 2.45) is 11.8 Å². The maximum absolute atomic E-state index is 11.4. The van der Waals surface area contributed by atoms with E-state index in [0.717, 1.165) is 10.7 Å². The van der Waals surface area contributed by atoms with Gasteiger partial charge in [0.05, 0.1) is 5.92 Å². The molecule has 0 aliphatic heterocycles. The molecule has 0 saturated heterocycles. The summed E-state index contributed by atoms with van der Waals surface area (Å²) in [5, 5.41) is 8.85. The van der Waals surface area contributed by atoms with Crippen LogP contribution >= 0.6 is 0 Å². The number of carbonyl (C=O) groups is 1. The van der Waals surface area contributed by atoms with Gasteiger partial charge in [-0.1, -0.05) is 0 Å². The number of carboxylic acids is 1. The standard InChI is InChI=1S/C10H17N2O5S.Y/c1-12(18(16,17)11-7-13)6-8-2-4-9(5-3-8)10(14)15;/h8-9H,2-6H2,1H3,(H,11,13)(H,14,15);/q-1;+3. The van der Waals surface area contributed by atoms with Crippen LogP contribution < -0.4 is 4.72 Å². The Kier molecular flexibility index (Phi) is 8.27. The number of hydrogen-bond donors (Lipinski definition) is 2. The Hall–Kier alpha value is -0.0461. The van der Waals surface area contributed by atoms with Crippen molar-refractivity contribution in [3.8, 4) is 0 Å². The Morgan fingerprint density at radius 1 is 1.37 bits per heavy atom. The van der Waals surface area contributed by atoms with Crippen LogP contribution in [0.2, 0.25) is 0 Å². The Balaban J connectivity index is 0.00000324. The minimum Gasteiger partial charge on any atom is -0.519 e. The smallest absolute Gasteiger partial charge is 0.519 e. The average Bonchev–Trinajstić information content (AvgIpc) is 2.29. The maximum Gasteiger partial charge on any atom is 3.00 e. The molecular formula is C10H17N2O5SY+2. The van der Waals surface area contributed by atoms with Crippen LogP contribution in [0.5, 0.6) is 0 Å². The molecule has 7 nitrogen and oxygen atoms in total. The monoisotopic (exact) mass is 366 g/mol. The first-order valence-electron chi connectivity index (χ1n) is 5.70. The zero-order valence-corrected chi connectivity index (χ0v) is 14.4. The summed E-state index contributed by atoms with van der Waals surface area (Å²) >= 11 is 0. The minimum absolute atomic E-state index is 0. The number of rotatable bonds is 6. The summed E-state index contributed by atoms with van der Waals surface area (Å²) in [6, 6.07) is 0. The summed E-state index contributed by atoms with van der Waals surface area (Å²) in [5.74, 6) is -0.968. The van der Waals surface area contributed by atoms with Gasteiger partial charge in [0.25, 0.3) is 10.2 Å². The number of hydrogen-bond acceptors (Lipinski definition) is 4. The van der Waals surface area contributed by atoms with Crippen LogP contribution in [0.25, 0.3) is 0 Å². The van der Waals surface area contributed by atoms with Crippen LogP contribution in [-0.4, -0.2) is 43.8 Å². The Labute approximate surface area is 138 Å². The Bertz CT molecular complexity index is 406. The second-order valence-electron chi connectivity index (χ2n) is 4.55. The van der Waals surface area contributed by atoms with Gasteiger partial charge in [0, 0.05) is 13.6 Å². The first-order chi connectivity index (χ1) is 8.36.